The molecule has 1 aliphatic rings. The molecule has 0 saturated heterocycles. The molecule has 3 aromatic rings. The van der Waals surface area contributed by atoms with Crippen LogP contribution in [-0.4, -0.2) is 34.5 Å². The third kappa shape index (κ3) is 3.41. The van der Waals surface area contributed by atoms with Gasteiger partial charge in [-0.25, -0.2) is 4.98 Å². The van der Waals surface area contributed by atoms with Gasteiger partial charge in [-0.2, -0.15) is 0 Å². The van der Waals surface area contributed by atoms with Gasteiger partial charge in [-0.15, -0.1) is 0 Å². The Kier molecular flexibility index (Phi) is 4.34. The van der Waals surface area contributed by atoms with Crippen molar-refractivity contribution in [3.8, 4) is 11.5 Å². The van der Waals surface area contributed by atoms with E-state index in [-0.39, 0.29) is 5.56 Å². The van der Waals surface area contributed by atoms with Crippen molar-refractivity contribution in [3.05, 3.63) is 69.8 Å². The van der Waals surface area contributed by atoms with Gasteiger partial charge in [-0.1, -0.05) is 12.1 Å². The van der Waals surface area contributed by atoms with Crippen LogP contribution in [-0.2, 0) is 13.1 Å². The molecule has 0 aliphatic carbocycles. The average Bonchev–Trinajstić information content (AvgIpc) is 2.62. The fourth-order valence-electron chi connectivity index (χ4n) is 3.17. The van der Waals surface area contributed by atoms with Gasteiger partial charge in [0.15, 0.2) is 11.5 Å². The summed E-state index contributed by atoms with van der Waals surface area (Å²) in [6.07, 6.45) is 1.81. The predicted molar refractivity (Wildman–Crippen MR) is 98.8 cm³/mol. The highest BCUT2D eigenvalue weighted by Gasteiger charge is 2.13. The number of ether oxygens (including phenoxy) is 2. The first-order valence-corrected chi connectivity index (χ1v) is 8.64. The number of pyridine rings is 1. The molecule has 1 aliphatic heterocycles. The monoisotopic (exact) mass is 351 g/mol. The van der Waals surface area contributed by atoms with Gasteiger partial charge in [-0.05, 0) is 43.3 Å². The molecule has 0 atom stereocenters. The van der Waals surface area contributed by atoms with Crippen molar-refractivity contribution < 1.29 is 9.47 Å². The van der Waals surface area contributed by atoms with Gasteiger partial charge >= 0.3 is 0 Å². The molecule has 0 spiro atoms. The van der Waals surface area contributed by atoms with E-state index in [2.05, 4.69) is 9.88 Å². The summed E-state index contributed by atoms with van der Waals surface area (Å²) in [4.78, 5) is 19.1. The minimum atomic E-state index is -0.0542. The first kappa shape index (κ1) is 16.6. The van der Waals surface area contributed by atoms with Crippen LogP contribution in [0.25, 0.3) is 5.65 Å². The molecule has 2 aromatic heterocycles. The lowest BCUT2D eigenvalue weighted by Gasteiger charge is -2.21. The number of benzene rings is 1. The van der Waals surface area contributed by atoms with Crippen LogP contribution in [0.15, 0.2) is 47.4 Å². The third-order valence-electron chi connectivity index (χ3n) is 4.35. The smallest absolute Gasteiger partial charge is 0.258 e. The molecule has 3 heterocycles. The van der Waals surface area contributed by atoms with Crippen molar-refractivity contribution >= 4 is 5.65 Å². The summed E-state index contributed by atoms with van der Waals surface area (Å²) in [5.74, 6) is 1.58. The molecule has 0 saturated carbocycles. The van der Waals surface area contributed by atoms with Crippen LogP contribution >= 0.6 is 0 Å². The van der Waals surface area contributed by atoms with Crippen LogP contribution in [0.3, 0.4) is 0 Å². The van der Waals surface area contributed by atoms with Gasteiger partial charge in [0.1, 0.15) is 18.9 Å². The highest BCUT2D eigenvalue weighted by molar-refractivity contribution is 5.44. The van der Waals surface area contributed by atoms with E-state index in [1.54, 1.807) is 10.5 Å². The Morgan fingerprint density at radius 2 is 1.88 bits per heavy atom. The van der Waals surface area contributed by atoms with Crippen molar-refractivity contribution in [2.45, 2.75) is 20.0 Å². The quantitative estimate of drug-likeness (QED) is 0.722. The van der Waals surface area contributed by atoms with Gasteiger partial charge in [0, 0.05) is 25.4 Å². The normalized spacial score (nSPS) is 13.3. The molecule has 6 heteroatoms. The van der Waals surface area contributed by atoms with Crippen LogP contribution in [0.1, 0.15) is 16.8 Å². The SMILES string of the molecule is Cc1ccc2nc(CN(C)Cc3ccc4c(c3)OCCO4)cc(=O)n2c1. The van der Waals surface area contributed by atoms with Crippen molar-refractivity contribution in [1.29, 1.82) is 0 Å². The third-order valence-corrected chi connectivity index (χ3v) is 4.35. The van der Waals surface area contributed by atoms with Crippen LogP contribution in [0.2, 0.25) is 0 Å². The van der Waals surface area contributed by atoms with E-state index in [4.69, 9.17) is 9.47 Å². The highest BCUT2D eigenvalue weighted by Crippen LogP contribution is 2.31. The van der Waals surface area contributed by atoms with E-state index < -0.39 is 0 Å². The second-order valence-electron chi connectivity index (χ2n) is 6.67. The lowest BCUT2D eigenvalue weighted by Crippen LogP contribution is -2.22. The molecule has 0 bridgehead atoms. The van der Waals surface area contributed by atoms with Crippen LogP contribution < -0.4 is 15.0 Å². The second kappa shape index (κ2) is 6.80. The Balaban J connectivity index is 1.51. The maximum Gasteiger partial charge on any atom is 0.258 e. The molecular formula is C20H21N3O3. The van der Waals surface area contributed by atoms with Crippen molar-refractivity contribution in [3.63, 3.8) is 0 Å². The molecule has 0 fully saturated rings. The lowest BCUT2D eigenvalue weighted by atomic mass is 10.2. The predicted octanol–water partition coefficient (Wildman–Crippen LogP) is 2.41. The highest BCUT2D eigenvalue weighted by atomic mass is 16.6. The first-order chi connectivity index (χ1) is 12.6. The van der Waals surface area contributed by atoms with Gasteiger partial charge in [0.2, 0.25) is 0 Å². The number of hydrogen-bond donors (Lipinski definition) is 0. The number of aromatic nitrogens is 2. The maximum atomic E-state index is 12.3. The molecule has 0 amide bonds. The van der Waals surface area contributed by atoms with Crippen LogP contribution in [0, 0.1) is 6.92 Å². The Bertz CT molecular complexity index is 1010. The van der Waals surface area contributed by atoms with Crippen molar-refractivity contribution in [2.24, 2.45) is 0 Å². The second-order valence-corrected chi connectivity index (χ2v) is 6.67. The van der Waals surface area contributed by atoms with Crippen LogP contribution in [0.4, 0.5) is 0 Å². The minimum Gasteiger partial charge on any atom is -0.486 e. The molecule has 134 valence electrons. The molecular weight excluding hydrogens is 330 g/mol. The topological polar surface area (TPSA) is 56.1 Å². The van der Waals surface area contributed by atoms with Crippen molar-refractivity contribution in [2.75, 3.05) is 20.3 Å². The van der Waals surface area contributed by atoms with E-state index in [1.165, 1.54) is 0 Å². The summed E-state index contributed by atoms with van der Waals surface area (Å²) in [7, 11) is 2.01. The summed E-state index contributed by atoms with van der Waals surface area (Å²) in [6.45, 7) is 4.45. The molecule has 1 aromatic carbocycles. The zero-order valence-corrected chi connectivity index (χ0v) is 14.9. The fourth-order valence-corrected chi connectivity index (χ4v) is 3.17. The molecule has 0 radical (unpaired) electrons. The minimum absolute atomic E-state index is 0.0542. The Morgan fingerprint density at radius 3 is 2.73 bits per heavy atom. The maximum absolute atomic E-state index is 12.3. The van der Waals surface area contributed by atoms with E-state index in [0.717, 1.165) is 34.9 Å². The first-order valence-electron chi connectivity index (χ1n) is 8.64. The van der Waals surface area contributed by atoms with E-state index in [1.807, 2.05) is 50.5 Å². The Labute approximate surface area is 151 Å². The molecule has 0 N–H and O–H groups in total. The summed E-state index contributed by atoms with van der Waals surface area (Å²) < 4.78 is 12.8. The lowest BCUT2D eigenvalue weighted by molar-refractivity contribution is 0.171. The van der Waals surface area contributed by atoms with E-state index in [9.17, 15) is 4.79 Å². The van der Waals surface area contributed by atoms with Gasteiger partial charge in [-0.3, -0.25) is 14.1 Å². The molecule has 0 unspecified atom stereocenters. The zero-order chi connectivity index (χ0) is 18.1. The summed E-state index contributed by atoms with van der Waals surface area (Å²) in [5, 5.41) is 0. The van der Waals surface area contributed by atoms with E-state index >= 15 is 0 Å². The van der Waals surface area contributed by atoms with E-state index in [0.29, 0.717) is 25.4 Å². The van der Waals surface area contributed by atoms with Gasteiger partial charge in [0.05, 0.1) is 5.69 Å². The Morgan fingerprint density at radius 1 is 1.08 bits per heavy atom. The largest absolute Gasteiger partial charge is 0.486 e. The van der Waals surface area contributed by atoms with Gasteiger partial charge < -0.3 is 9.47 Å². The number of aryl methyl sites for hydroxylation is 1. The Hall–Kier alpha value is -2.86. The molecule has 4 rings (SSSR count). The summed E-state index contributed by atoms with van der Waals surface area (Å²) in [6, 6.07) is 11.4. The summed E-state index contributed by atoms with van der Waals surface area (Å²) >= 11 is 0. The number of hydrogen-bond acceptors (Lipinski definition) is 5. The zero-order valence-electron chi connectivity index (χ0n) is 14.9. The average molecular weight is 351 g/mol. The van der Waals surface area contributed by atoms with Crippen molar-refractivity contribution in [1.82, 2.24) is 14.3 Å². The standard InChI is InChI=1S/C20H21N3O3/c1-14-3-6-19-21-16(10-20(24)23(19)11-14)13-22(2)12-15-4-5-17-18(9-15)26-8-7-25-17/h3-6,9-11H,7-8,12-13H2,1-2H3. The number of nitrogens with zero attached hydrogens (tertiary/aromatic N) is 3. The number of fused-ring (bicyclic) bond motifs is 2. The molecule has 26 heavy (non-hydrogen) atoms. The number of rotatable bonds is 4. The van der Waals surface area contributed by atoms with Gasteiger partial charge in [0.25, 0.3) is 5.56 Å². The fraction of sp³-hybridized carbons (Fsp3) is 0.300. The summed E-state index contributed by atoms with van der Waals surface area (Å²) in [5.41, 5.74) is 3.54. The van der Waals surface area contributed by atoms with Crippen LogP contribution in [0.5, 0.6) is 11.5 Å². The molecule has 6 nitrogen and oxygen atoms in total.